The molecule has 4 bridgehead atoms. The van der Waals surface area contributed by atoms with Crippen molar-refractivity contribution in [2.24, 2.45) is 17.8 Å². The van der Waals surface area contributed by atoms with Gasteiger partial charge >= 0.3 is 11.7 Å². The number of hydrogen-bond acceptors (Lipinski definition) is 5. The van der Waals surface area contributed by atoms with Gasteiger partial charge in [-0.05, 0) is 62.7 Å². The largest absolute Gasteiger partial charge is 0.343 e. The average Bonchev–Trinajstić information content (AvgIpc) is 2.96. The van der Waals surface area contributed by atoms with Crippen molar-refractivity contribution >= 4 is 23.7 Å². The van der Waals surface area contributed by atoms with Gasteiger partial charge in [0.2, 0.25) is 5.91 Å². The van der Waals surface area contributed by atoms with Crippen molar-refractivity contribution < 1.29 is 9.59 Å². The van der Waals surface area contributed by atoms with Gasteiger partial charge in [0.15, 0.2) is 5.16 Å². The van der Waals surface area contributed by atoms with Gasteiger partial charge in [0.1, 0.15) is 0 Å². The van der Waals surface area contributed by atoms with E-state index in [0.717, 1.165) is 49.9 Å². The minimum absolute atomic E-state index is 0.0463. The number of aromatic amines is 1. The number of rotatable bonds is 7. The number of aromatic nitrogens is 3. The van der Waals surface area contributed by atoms with E-state index in [0.29, 0.717) is 11.7 Å². The molecule has 4 aliphatic carbocycles. The van der Waals surface area contributed by atoms with Crippen LogP contribution in [0, 0.1) is 17.8 Å². The van der Waals surface area contributed by atoms with E-state index in [9.17, 15) is 14.4 Å². The van der Waals surface area contributed by atoms with Crippen molar-refractivity contribution in [3.8, 4) is 0 Å². The van der Waals surface area contributed by atoms with E-state index in [2.05, 4.69) is 20.8 Å². The van der Waals surface area contributed by atoms with Crippen LogP contribution in [0.15, 0.2) is 9.95 Å². The SMILES string of the molecule is CCCCn1c(SCC(=O)NC(=O)NC23CC4CC(CC(C4)C2)C3)n[nH]c1=O. The number of nitrogens with zero attached hydrogens (tertiary/aromatic N) is 2. The van der Waals surface area contributed by atoms with Gasteiger partial charge in [-0.3, -0.25) is 14.7 Å². The lowest BCUT2D eigenvalue weighted by Gasteiger charge is -2.56. The first-order valence-corrected chi connectivity index (χ1v) is 11.3. The maximum atomic E-state index is 12.4. The Morgan fingerprint density at radius 3 is 2.46 bits per heavy atom. The van der Waals surface area contributed by atoms with Crippen LogP contribution in [0.1, 0.15) is 58.3 Å². The molecule has 4 fully saturated rings. The predicted octanol–water partition coefficient (Wildman–Crippen LogP) is 2.26. The Labute approximate surface area is 168 Å². The molecule has 3 N–H and O–H groups in total. The second kappa shape index (κ2) is 7.93. The molecule has 4 saturated carbocycles. The Hall–Kier alpha value is -1.77. The molecule has 0 atom stereocenters. The molecule has 0 saturated heterocycles. The fourth-order valence-corrected chi connectivity index (χ4v) is 6.53. The van der Waals surface area contributed by atoms with Crippen molar-refractivity contribution in [3.05, 3.63) is 10.5 Å². The highest BCUT2D eigenvalue weighted by atomic mass is 32.2. The second-order valence-corrected chi connectivity index (χ2v) is 9.75. The molecule has 9 heteroatoms. The van der Waals surface area contributed by atoms with Gasteiger partial charge in [-0.25, -0.2) is 14.7 Å². The van der Waals surface area contributed by atoms with E-state index in [1.807, 2.05) is 6.92 Å². The van der Waals surface area contributed by atoms with E-state index < -0.39 is 6.03 Å². The summed E-state index contributed by atoms with van der Waals surface area (Å²) in [7, 11) is 0. The molecule has 28 heavy (non-hydrogen) atoms. The molecule has 1 aromatic heterocycles. The number of unbranched alkanes of at least 4 members (excludes halogenated alkanes) is 1. The first kappa shape index (κ1) is 19.5. The molecule has 8 nitrogen and oxygen atoms in total. The molecule has 0 aromatic carbocycles. The van der Waals surface area contributed by atoms with Crippen LogP contribution in [-0.4, -0.2) is 38.0 Å². The van der Waals surface area contributed by atoms with Crippen LogP contribution in [0.5, 0.6) is 0 Å². The molecular formula is C19H29N5O3S. The summed E-state index contributed by atoms with van der Waals surface area (Å²) < 4.78 is 1.54. The lowest BCUT2D eigenvalue weighted by molar-refractivity contribution is -0.117. The second-order valence-electron chi connectivity index (χ2n) is 8.81. The van der Waals surface area contributed by atoms with Gasteiger partial charge in [0.25, 0.3) is 0 Å². The standard InChI is InChI=1S/C19H29N5O3S/c1-2-3-4-24-17(27)22-23-18(24)28-11-15(25)20-16(26)21-19-8-12-5-13(9-19)7-14(6-12)10-19/h12-14H,2-11H2,1H3,(H,22,27)(H2,20,21,25,26). The van der Waals surface area contributed by atoms with Crippen molar-refractivity contribution in [2.45, 2.75) is 75.5 Å². The molecule has 0 unspecified atom stereocenters. The number of imide groups is 1. The highest BCUT2D eigenvalue weighted by molar-refractivity contribution is 7.99. The molecule has 0 spiro atoms. The molecule has 0 radical (unpaired) electrons. The lowest BCUT2D eigenvalue weighted by Crippen LogP contribution is -2.61. The zero-order chi connectivity index (χ0) is 19.7. The van der Waals surface area contributed by atoms with Gasteiger partial charge in [0.05, 0.1) is 5.75 Å². The van der Waals surface area contributed by atoms with Gasteiger partial charge in [-0.2, -0.15) is 0 Å². The minimum Gasteiger partial charge on any atom is -0.332 e. The van der Waals surface area contributed by atoms with Gasteiger partial charge in [-0.15, -0.1) is 5.10 Å². The Kier molecular flexibility index (Phi) is 5.53. The highest BCUT2D eigenvalue weighted by Crippen LogP contribution is 2.55. The average molecular weight is 408 g/mol. The molecule has 0 aliphatic heterocycles. The number of carbonyl (C=O) groups is 2. The van der Waals surface area contributed by atoms with Crippen LogP contribution in [0.2, 0.25) is 0 Å². The maximum absolute atomic E-state index is 12.4. The molecule has 1 aromatic rings. The molecule has 5 rings (SSSR count). The third-order valence-corrected chi connectivity index (χ3v) is 7.44. The Bertz CT molecular complexity index is 766. The Morgan fingerprint density at radius 2 is 1.86 bits per heavy atom. The summed E-state index contributed by atoms with van der Waals surface area (Å²) in [5.74, 6) is 1.88. The predicted molar refractivity (Wildman–Crippen MR) is 106 cm³/mol. The molecule has 1 heterocycles. The third kappa shape index (κ3) is 4.14. The molecule has 154 valence electrons. The first-order valence-electron chi connectivity index (χ1n) is 10.4. The first-order chi connectivity index (χ1) is 13.5. The van der Waals surface area contributed by atoms with Crippen LogP contribution in [0.4, 0.5) is 4.79 Å². The van der Waals surface area contributed by atoms with Crippen molar-refractivity contribution in [2.75, 3.05) is 5.75 Å². The van der Waals surface area contributed by atoms with Crippen molar-refractivity contribution in [1.29, 1.82) is 0 Å². The Balaban J connectivity index is 1.28. The van der Waals surface area contributed by atoms with E-state index in [1.165, 1.54) is 35.6 Å². The fourth-order valence-electron chi connectivity index (χ4n) is 5.76. The minimum atomic E-state index is -0.391. The number of nitrogens with one attached hydrogen (secondary N) is 3. The van der Waals surface area contributed by atoms with Crippen molar-refractivity contribution in [1.82, 2.24) is 25.4 Å². The van der Waals surface area contributed by atoms with Gasteiger partial charge < -0.3 is 5.32 Å². The number of H-pyrrole nitrogens is 1. The summed E-state index contributed by atoms with van der Waals surface area (Å²) in [5.41, 5.74) is -0.384. The summed E-state index contributed by atoms with van der Waals surface area (Å²) in [6, 6.07) is -0.391. The third-order valence-electron chi connectivity index (χ3n) is 6.46. The van der Waals surface area contributed by atoms with Crippen LogP contribution < -0.4 is 16.3 Å². The number of hydrogen-bond donors (Lipinski definition) is 3. The number of amides is 3. The zero-order valence-corrected chi connectivity index (χ0v) is 17.1. The van der Waals surface area contributed by atoms with Gasteiger partial charge in [-0.1, -0.05) is 25.1 Å². The maximum Gasteiger partial charge on any atom is 0.343 e. The summed E-state index contributed by atoms with van der Waals surface area (Å²) in [4.78, 5) is 36.4. The topological polar surface area (TPSA) is 109 Å². The quantitative estimate of drug-likeness (QED) is 0.601. The van der Waals surface area contributed by atoms with E-state index in [4.69, 9.17) is 0 Å². The van der Waals surface area contributed by atoms with Crippen LogP contribution in [0.3, 0.4) is 0 Å². The van der Waals surface area contributed by atoms with E-state index in [1.54, 1.807) is 0 Å². The summed E-state index contributed by atoms with van der Waals surface area (Å²) >= 11 is 1.17. The van der Waals surface area contributed by atoms with Gasteiger partial charge in [0, 0.05) is 12.1 Å². The van der Waals surface area contributed by atoms with Crippen LogP contribution >= 0.6 is 11.8 Å². The Morgan fingerprint density at radius 1 is 1.21 bits per heavy atom. The van der Waals surface area contributed by atoms with Crippen LogP contribution in [-0.2, 0) is 11.3 Å². The van der Waals surface area contributed by atoms with E-state index >= 15 is 0 Å². The lowest BCUT2D eigenvalue weighted by atomic mass is 9.53. The number of urea groups is 1. The van der Waals surface area contributed by atoms with Crippen LogP contribution in [0.25, 0.3) is 0 Å². The smallest absolute Gasteiger partial charge is 0.332 e. The summed E-state index contributed by atoms with van der Waals surface area (Å²) in [6.07, 6.45) is 8.90. The molecule has 3 amide bonds. The summed E-state index contributed by atoms with van der Waals surface area (Å²) in [5, 5.41) is 12.5. The normalized spacial score (nSPS) is 30.4. The molecular weight excluding hydrogens is 378 g/mol. The highest BCUT2D eigenvalue weighted by Gasteiger charge is 2.51. The van der Waals surface area contributed by atoms with Crippen molar-refractivity contribution in [3.63, 3.8) is 0 Å². The zero-order valence-electron chi connectivity index (χ0n) is 16.3. The number of carbonyl (C=O) groups excluding carboxylic acids is 2. The van der Waals surface area contributed by atoms with E-state index in [-0.39, 0.29) is 22.9 Å². The summed E-state index contributed by atoms with van der Waals surface area (Å²) in [6.45, 7) is 2.62. The monoisotopic (exact) mass is 407 g/mol. The fraction of sp³-hybridized carbons (Fsp3) is 0.789. The number of thioether (sulfide) groups is 1. The molecule has 4 aliphatic rings.